The molecule has 0 aliphatic heterocycles. The molecule has 2 aromatic carbocycles. The van der Waals surface area contributed by atoms with E-state index in [0.717, 1.165) is 16.8 Å². The van der Waals surface area contributed by atoms with E-state index in [2.05, 4.69) is 18.3 Å². The van der Waals surface area contributed by atoms with Crippen LogP contribution in [0.4, 0.5) is 5.69 Å². The van der Waals surface area contributed by atoms with Crippen LogP contribution in [-0.4, -0.2) is 12.6 Å². The maximum atomic E-state index is 12.2. The smallest absolute Gasteiger partial charge is 0.333 e. The minimum atomic E-state index is -0.493. The summed E-state index contributed by atoms with van der Waals surface area (Å²) in [6.45, 7) is 6.27. The fourth-order valence-corrected chi connectivity index (χ4v) is 2.28. The average molecular weight is 283 g/mol. The number of rotatable bonds is 5. The van der Waals surface area contributed by atoms with Gasteiger partial charge in [0, 0.05) is 5.69 Å². The summed E-state index contributed by atoms with van der Waals surface area (Å²) >= 11 is 0. The fraction of sp³-hybridized carbons (Fsp3) is 0.278. The van der Waals surface area contributed by atoms with E-state index < -0.39 is 6.04 Å². The van der Waals surface area contributed by atoms with Gasteiger partial charge in [-0.2, -0.15) is 0 Å². The van der Waals surface area contributed by atoms with Crippen LogP contribution in [-0.2, 0) is 9.53 Å². The maximum Gasteiger partial charge on any atom is 0.333 e. The lowest BCUT2D eigenvalue weighted by Gasteiger charge is -2.20. The molecule has 0 fully saturated rings. The van der Waals surface area contributed by atoms with Crippen molar-refractivity contribution in [1.82, 2.24) is 0 Å². The van der Waals surface area contributed by atoms with Crippen LogP contribution >= 0.6 is 0 Å². The predicted molar refractivity (Wildman–Crippen MR) is 85.4 cm³/mol. The third-order valence-electron chi connectivity index (χ3n) is 3.34. The van der Waals surface area contributed by atoms with Crippen LogP contribution in [0, 0.1) is 13.8 Å². The van der Waals surface area contributed by atoms with Crippen LogP contribution in [0.3, 0.4) is 0 Å². The van der Waals surface area contributed by atoms with Crippen LogP contribution in [0.5, 0.6) is 0 Å². The van der Waals surface area contributed by atoms with Gasteiger partial charge in [0.25, 0.3) is 0 Å². The van der Waals surface area contributed by atoms with E-state index >= 15 is 0 Å². The average Bonchev–Trinajstić information content (AvgIpc) is 2.47. The molecule has 0 amide bonds. The van der Waals surface area contributed by atoms with E-state index in [1.54, 1.807) is 0 Å². The Hall–Kier alpha value is -2.29. The van der Waals surface area contributed by atoms with E-state index in [4.69, 9.17) is 4.74 Å². The molecule has 0 unspecified atom stereocenters. The number of hydrogen-bond donors (Lipinski definition) is 1. The van der Waals surface area contributed by atoms with Crippen LogP contribution in [0.15, 0.2) is 48.5 Å². The van der Waals surface area contributed by atoms with Gasteiger partial charge in [-0.25, -0.2) is 4.79 Å². The highest BCUT2D eigenvalue weighted by Crippen LogP contribution is 2.24. The molecule has 110 valence electrons. The largest absolute Gasteiger partial charge is 0.464 e. The molecule has 0 radical (unpaired) electrons. The topological polar surface area (TPSA) is 38.3 Å². The van der Waals surface area contributed by atoms with Crippen LogP contribution in [0.1, 0.15) is 29.7 Å². The number of nitrogens with one attached hydrogen (secondary N) is 1. The van der Waals surface area contributed by atoms with Crippen molar-refractivity contribution < 1.29 is 9.53 Å². The maximum absolute atomic E-state index is 12.2. The Morgan fingerprint density at radius 1 is 1.14 bits per heavy atom. The number of aryl methyl sites for hydroxylation is 2. The Kier molecular flexibility index (Phi) is 4.99. The second-order valence-corrected chi connectivity index (χ2v) is 5.06. The van der Waals surface area contributed by atoms with Gasteiger partial charge < -0.3 is 10.1 Å². The van der Waals surface area contributed by atoms with E-state index in [-0.39, 0.29) is 5.97 Å². The van der Waals surface area contributed by atoms with Gasteiger partial charge in [-0.1, -0.05) is 48.0 Å². The molecule has 1 atom stereocenters. The lowest BCUT2D eigenvalue weighted by Crippen LogP contribution is -2.23. The number of carbonyl (C=O) groups excluding carboxylic acids is 1. The zero-order chi connectivity index (χ0) is 15.2. The van der Waals surface area contributed by atoms with E-state index in [9.17, 15) is 4.79 Å². The molecule has 2 aromatic rings. The first-order valence-electron chi connectivity index (χ1n) is 7.17. The second-order valence-electron chi connectivity index (χ2n) is 5.06. The molecule has 2 rings (SSSR count). The zero-order valence-corrected chi connectivity index (χ0v) is 12.7. The zero-order valence-electron chi connectivity index (χ0n) is 12.7. The highest BCUT2D eigenvalue weighted by molar-refractivity contribution is 5.81. The van der Waals surface area contributed by atoms with Gasteiger partial charge in [0.05, 0.1) is 6.61 Å². The monoisotopic (exact) mass is 283 g/mol. The summed E-state index contributed by atoms with van der Waals surface area (Å²) < 4.78 is 5.19. The molecule has 0 saturated carbocycles. The van der Waals surface area contributed by atoms with Crippen molar-refractivity contribution in [1.29, 1.82) is 0 Å². The van der Waals surface area contributed by atoms with Crippen molar-refractivity contribution in [2.45, 2.75) is 26.8 Å². The Balaban J connectivity index is 2.30. The van der Waals surface area contributed by atoms with Gasteiger partial charge in [-0.05, 0) is 38.0 Å². The number of carbonyl (C=O) groups is 1. The molecular formula is C18H21NO2. The van der Waals surface area contributed by atoms with E-state index in [0.29, 0.717) is 6.61 Å². The first kappa shape index (κ1) is 15.1. The Morgan fingerprint density at radius 3 is 2.48 bits per heavy atom. The molecule has 0 bridgehead atoms. The van der Waals surface area contributed by atoms with Crippen molar-refractivity contribution in [2.75, 3.05) is 11.9 Å². The Morgan fingerprint density at radius 2 is 1.86 bits per heavy atom. The van der Waals surface area contributed by atoms with Crippen LogP contribution in [0.2, 0.25) is 0 Å². The number of hydrogen-bond acceptors (Lipinski definition) is 3. The van der Waals surface area contributed by atoms with Crippen molar-refractivity contribution in [3.8, 4) is 0 Å². The van der Waals surface area contributed by atoms with Gasteiger partial charge >= 0.3 is 5.97 Å². The molecule has 1 N–H and O–H groups in total. The third kappa shape index (κ3) is 3.85. The highest BCUT2D eigenvalue weighted by atomic mass is 16.5. The number of esters is 1. The molecule has 21 heavy (non-hydrogen) atoms. The van der Waals surface area contributed by atoms with Crippen molar-refractivity contribution in [3.63, 3.8) is 0 Å². The quantitative estimate of drug-likeness (QED) is 0.842. The standard InChI is InChI=1S/C18H21NO2/c1-4-21-18(20)17(15-8-6-5-7-9-15)19-16-11-10-13(2)12-14(16)3/h5-12,17,19H,4H2,1-3H3/t17-/m1/s1. The summed E-state index contributed by atoms with van der Waals surface area (Å²) in [6, 6.07) is 15.3. The van der Waals surface area contributed by atoms with E-state index in [1.807, 2.05) is 56.3 Å². The summed E-state index contributed by atoms with van der Waals surface area (Å²) in [5.74, 6) is -0.260. The van der Waals surface area contributed by atoms with Gasteiger partial charge in [0.2, 0.25) is 0 Å². The van der Waals surface area contributed by atoms with Gasteiger partial charge in [-0.3, -0.25) is 0 Å². The van der Waals surface area contributed by atoms with Crippen LogP contribution < -0.4 is 5.32 Å². The lowest BCUT2D eigenvalue weighted by atomic mass is 10.0. The van der Waals surface area contributed by atoms with E-state index in [1.165, 1.54) is 5.56 Å². The molecule has 0 aliphatic rings. The fourth-order valence-electron chi connectivity index (χ4n) is 2.28. The third-order valence-corrected chi connectivity index (χ3v) is 3.34. The minimum Gasteiger partial charge on any atom is -0.464 e. The number of benzene rings is 2. The first-order valence-corrected chi connectivity index (χ1v) is 7.17. The first-order chi connectivity index (χ1) is 10.1. The summed E-state index contributed by atoms with van der Waals surface area (Å²) in [6.07, 6.45) is 0. The summed E-state index contributed by atoms with van der Waals surface area (Å²) in [5.41, 5.74) is 4.16. The molecule has 0 saturated heterocycles. The molecule has 0 aromatic heterocycles. The Labute approximate surface area is 126 Å². The van der Waals surface area contributed by atoms with Gasteiger partial charge in [0.1, 0.15) is 0 Å². The summed E-state index contributed by atoms with van der Waals surface area (Å²) in [5, 5.41) is 3.30. The van der Waals surface area contributed by atoms with Crippen LogP contribution in [0.25, 0.3) is 0 Å². The highest BCUT2D eigenvalue weighted by Gasteiger charge is 2.22. The van der Waals surface area contributed by atoms with Crippen molar-refractivity contribution in [3.05, 3.63) is 65.2 Å². The SMILES string of the molecule is CCOC(=O)[C@H](Nc1ccc(C)cc1C)c1ccccc1. The van der Waals surface area contributed by atoms with Gasteiger partial charge in [0.15, 0.2) is 6.04 Å². The molecule has 3 nitrogen and oxygen atoms in total. The molecular weight excluding hydrogens is 262 g/mol. The van der Waals surface area contributed by atoms with Gasteiger partial charge in [-0.15, -0.1) is 0 Å². The summed E-state index contributed by atoms with van der Waals surface area (Å²) in [7, 11) is 0. The molecule has 3 heteroatoms. The number of ether oxygens (including phenoxy) is 1. The van der Waals surface area contributed by atoms with Crippen molar-refractivity contribution >= 4 is 11.7 Å². The Bertz CT molecular complexity index is 608. The second kappa shape index (κ2) is 6.93. The molecule has 0 heterocycles. The predicted octanol–water partition coefficient (Wildman–Crippen LogP) is 4.02. The normalized spacial score (nSPS) is 11.8. The lowest BCUT2D eigenvalue weighted by molar-refractivity contribution is -0.144. The number of anilines is 1. The summed E-state index contributed by atoms with van der Waals surface area (Å²) in [4.78, 5) is 12.2. The molecule has 0 aliphatic carbocycles. The molecule has 0 spiro atoms. The van der Waals surface area contributed by atoms with Crippen molar-refractivity contribution in [2.24, 2.45) is 0 Å². The minimum absolute atomic E-state index is 0.260.